The van der Waals surface area contributed by atoms with Gasteiger partial charge in [0.05, 0.1) is 3.57 Å². The second-order valence-electron chi connectivity index (χ2n) is 5.42. The fourth-order valence-electron chi connectivity index (χ4n) is 2.52. The van der Waals surface area contributed by atoms with Gasteiger partial charge in [0.25, 0.3) is 0 Å². The normalized spacial score (nSPS) is 29.6. The number of aliphatic hydroxyl groups excluding tert-OH is 3. The molecule has 4 N–H and O–H groups in total. The largest absolute Gasteiger partial charge is 0.479 e. The lowest BCUT2D eigenvalue weighted by Crippen LogP contribution is -2.61. The van der Waals surface area contributed by atoms with Gasteiger partial charge in [0, 0.05) is 11.6 Å². The van der Waals surface area contributed by atoms with Crippen LogP contribution in [0.1, 0.15) is 0 Å². The van der Waals surface area contributed by atoms with E-state index in [1.165, 1.54) is 24.4 Å². The number of ether oxygens (including phenoxy) is 2. The predicted octanol–water partition coefficient (Wildman–Crippen LogP) is 0.249. The maximum atomic E-state index is 14.0. The SMILES string of the molecule is O=C(O)[C@H]1O[C@@H](Oc2c(I)cc([18F])c3cccnc23)[C@H](O)[C@@H](O)[C@@H]1O. The Bertz CT molecular complexity index is 820. The van der Waals surface area contributed by atoms with Crippen LogP contribution in [0.2, 0.25) is 0 Å². The molecule has 1 aliphatic rings. The molecule has 0 unspecified atom stereocenters. The lowest BCUT2D eigenvalue weighted by Gasteiger charge is -2.38. The van der Waals surface area contributed by atoms with Crippen LogP contribution in [0.4, 0.5) is 4.39 Å². The third kappa shape index (κ3) is 3.27. The summed E-state index contributed by atoms with van der Waals surface area (Å²) in [5, 5.41) is 38.8. The average molecular weight is 464 g/mol. The van der Waals surface area contributed by atoms with E-state index in [9.17, 15) is 24.5 Å². The number of rotatable bonds is 3. The monoisotopic (exact) mass is 464 g/mol. The quantitative estimate of drug-likeness (QED) is 0.476. The van der Waals surface area contributed by atoms with E-state index in [0.29, 0.717) is 3.57 Å². The van der Waals surface area contributed by atoms with Crippen LogP contribution >= 0.6 is 22.6 Å². The van der Waals surface area contributed by atoms with E-state index in [0.717, 1.165) is 0 Å². The first kappa shape index (κ1) is 18.2. The van der Waals surface area contributed by atoms with Crippen molar-refractivity contribution in [3.8, 4) is 5.75 Å². The van der Waals surface area contributed by atoms with Gasteiger partial charge in [-0.1, -0.05) is 0 Å². The summed E-state index contributed by atoms with van der Waals surface area (Å²) in [4.78, 5) is 15.2. The second kappa shape index (κ2) is 6.96. The van der Waals surface area contributed by atoms with E-state index in [1.807, 2.05) is 0 Å². The minimum Gasteiger partial charge on any atom is -0.479 e. The lowest BCUT2D eigenvalue weighted by atomic mass is 9.99. The fraction of sp³-hybridized carbons (Fsp3) is 0.333. The maximum Gasteiger partial charge on any atom is 0.335 e. The molecule has 5 atom stereocenters. The first-order valence-corrected chi connectivity index (χ1v) is 8.21. The number of benzene rings is 1. The van der Waals surface area contributed by atoms with Crippen molar-refractivity contribution in [1.29, 1.82) is 0 Å². The number of aliphatic hydroxyl groups is 3. The number of carbonyl (C=O) groups is 1. The zero-order chi connectivity index (χ0) is 18.3. The molecule has 2 heterocycles. The first-order chi connectivity index (χ1) is 11.8. The molecule has 1 fully saturated rings. The molecule has 0 aliphatic carbocycles. The standard InChI is InChI=1S/C15H13FINO7/c16-6-4-7(17)12(8-5(6)2-1-3-18-8)24-15-11(21)9(19)10(20)13(25-15)14(22)23/h1-4,9-11,13,15,19-21H,(H,22,23)/t9-,10-,11+,13-,15+/m0/s1/i16-1. The zero-order valence-corrected chi connectivity index (χ0v) is 14.6. The Balaban J connectivity index is 1.99. The summed E-state index contributed by atoms with van der Waals surface area (Å²) in [5.41, 5.74) is 0.148. The van der Waals surface area contributed by atoms with Gasteiger partial charge in [-0.2, -0.15) is 0 Å². The summed E-state index contributed by atoms with van der Waals surface area (Å²) in [6, 6.07) is 4.21. The number of fused-ring (bicyclic) bond motifs is 1. The molecule has 0 saturated carbocycles. The van der Waals surface area contributed by atoms with Gasteiger partial charge in [-0.25, -0.2) is 9.18 Å². The summed E-state index contributed by atoms with van der Waals surface area (Å²) >= 11 is 1.79. The number of aromatic nitrogens is 1. The second-order valence-corrected chi connectivity index (χ2v) is 6.58. The van der Waals surface area contributed by atoms with E-state index in [1.54, 1.807) is 22.6 Å². The van der Waals surface area contributed by atoms with Crippen LogP contribution in [-0.2, 0) is 9.53 Å². The Morgan fingerprint density at radius 2 is 2.00 bits per heavy atom. The number of aliphatic carboxylic acids is 1. The highest BCUT2D eigenvalue weighted by molar-refractivity contribution is 14.1. The number of nitrogens with zero attached hydrogens (tertiary/aromatic N) is 1. The highest BCUT2D eigenvalue weighted by Gasteiger charge is 2.48. The van der Waals surface area contributed by atoms with Crippen molar-refractivity contribution >= 4 is 39.5 Å². The molecular weight excluding hydrogens is 451 g/mol. The van der Waals surface area contributed by atoms with Crippen molar-refractivity contribution in [2.45, 2.75) is 30.7 Å². The highest BCUT2D eigenvalue weighted by atomic mass is 127. The summed E-state index contributed by atoms with van der Waals surface area (Å²) < 4.78 is 24.9. The molecule has 2 aromatic rings. The molecule has 1 aromatic carbocycles. The molecule has 10 heteroatoms. The maximum absolute atomic E-state index is 14.0. The Labute approximate surface area is 154 Å². The molecule has 134 valence electrons. The van der Waals surface area contributed by atoms with Gasteiger partial charge in [-0.05, 0) is 40.8 Å². The Kier molecular flexibility index (Phi) is 5.06. The fourth-order valence-corrected chi connectivity index (χ4v) is 3.18. The van der Waals surface area contributed by atoms with E-state index in [4.69, 9.17) is 14.6 Å². The van der Waals surface area contributed by atoms with Gasteiger partial charge in [-0.15, -0.1) is 0 Å². The van der Waals surface area contributed by atoms with Crippen LogP contribution < -0.4 is 4.74 Å². The van der Waals surface area contributed by atoms with Crippen LogP contribution in [0.25, 0.3) is 10.9 Å². The van der Waals surface area contributed by atoms with Gasteiger partial charge in [0.2, 0.25) is 6.29 Å². The molecule has 0 radical (unpaired) electrons. The van der Waals surface area contributed by atoms with E-state index in [2.05, 4.69) is 4.98 Å². The molecule has 0 bridgehead atoms. The molecule has 25 heavy (non-hydrogen) atoms. The minimum absolute atomic E-state index is 0.0642. The number of hydrogen-bond acceptors (Lipinski definition) is 7. The van der Waals surface area contributed by atoms with Crippen LogP contribution in [0.5, 0.6) is 5.75 Å². The third-order valence-corrected chi connectivity index (χ3v) is 4.60. The zero-order valence-electron chi connectivity index (χ0n) is 12.4. The summed E-state index contributed by atoms with van der Waals surface area (Å²) in [5.74, 6) is -1.98. The molecule has 0 amide bonds. The van der Waals surface area contributed by atoms with Crippen molar-refractivity contribution < 1.29 is 39.1 Å². The Hall–Kier alpha value is -1.60. The topological polar surface area (TPSA) is 129 Å². The van der Waals surface area contributed by atoms with Crippen LogP contribution in [-0.4, -0.2) is 62.1 Å². The molecule has 1 aliphatic heterocycles. The van der Waals surface area contributed by atoms with Gasteiger partial charge in [-0.3, -0.25) is 4.98 Å². The number of halogens is 2. The lowest BCUT2D eigenvalue weighted by molar-refractivity contribution is -0.271. The van der Waals surface area contributed by atoms with E-state index in [-0.39, 0.29) is 16.7 Å². The highest BCUT2D eigenvalue weighted by Crippen LogP contribution is 2.34. The van der Waals surface area contributed by atoms with Crippen LogP contribution in [0.3, 0.4) is 0 Å². The molecule has 1 saturated heterocycles. The van der Waals surface area contributed by atoms with Gasteiger partial charge < -0.3 is 29.9 Å². The van der Waals surface area contributed by atoms with Gasteiger partial charge >= 0.3 is 5.97 Å². The van der Waals surface area contributed by atoms with Crippen molar-refractivity contribution in [2.75, 3.05) is 0 Å². The molecule has 8 nitrogen and oxygen atoms in total. The van der Waals surface area contributed by atoms with Crippen molar-refractivity contribution in [2.24, 2.45) is 0 Å². The molecule has 1 aromatic heterocycles. The summed E-state index contributed by atoms with van der Waals surface area (Å²) in [6.45, 7) is 0. The number of carboxylic acids is 1. The van der Waals surface area contributed by atoms with Crippen molar-refractivity contribution in [3.05, 3.63) is 33.8 Å². The third-order valence-electron chi connectivity index (χ3n) is 3.80. The van der Waals surface area contributed by atoms with Crippen LogP contribution in [0, 0.1) is 9.39 Å². The molecular formula is C15H13FINO7. The Morgan fingerprint density at radius 3 is 2.68 bits per heavy atom. The average Bonchev–Trinajstić information content (AvgIpc) is 2.58. The van der Waals surface area contributed by atoms with Crippen LogP contribution in [0.15, 0.2) is 24.4 Å². The van der Waals surface area contributed by atoms with Gasteiger partial charge in [0.15, 0.2) is 11.9 Å². The number of pyridine rings is 1. The summed E-state index contributed by atoms with van der Waals surface area (Å²) in [6.07, 6.45) is -7.30. The van der Waals surface area contributed by atoms with Crippen molar-refractivity contribution in [3.63, 3.8) is 0 Å². The van der Waals surface area contributed by atoms with Gasteiger partial charge in [0.1, 0.15) is 29.6 Å². The number of hydrogen-bond donors (Lipinski definition) is 4. The van der Waals surface area contributed by atoms with Crippen molar-refractivity contribution in [1.82, 2.24) is 4.98 Å². The smallest absolute Gasteiger partial charge is 0.335 e. The summed E-state index contributed by atoms with van der Waals surface area (Å²) in [7, 11) is 0. The number of carboxylic acid groups (broad SMARTS) is 1. The minimum atomic E-state index is -1.82. The molecule has 0 spiro atoms. The van der Waals surface area contributed by atoms with E-state index < -0.39 is 42.5 Å². The Morgan fingerprint density at radius 1 is 1.28 bits per heavy atom. The van der Waals surface area contributed by atoms with E-state index >= 15 is 0 Å². The first-order valence-electron chi connectivity index (χ1n) is 7.13. The predicted molar refractivity (Wildman–Crippen MR) is 89.4 cm³/mol. The molecule has 3 rings (SSSR count).